The van der Waals surface area contributed by atoms with E-state index in [-0.39, 0.29) is 5.56 Å². The number of carbonyl (C=O) groups excluding carboxylic acids is 3. The molecule has 2 N–H and O–H groups in total. The van der Waals surface area contributed by atoms with Crippen LogP contribution in [0.5, 0.6) is 0 Å². The van der Waals surface area contributed by atoms with Crippen LogP contribution in [-0.2, 0) is 9.53 Å². The summed E-state index contributed by atoms with van der Waals surface area (Å²) in [6.07, 6.45) is 1.57. The van der Waals surface area contributed by atoms with Crippen LogP contribution in [0.4, 0.5) is 4.79 Å². The third-order valence-corrected chi connectivity index (χ3v) is 4.20. The van der Waals surface area contributed by atoms with E-state index in [1.165, 1.54) is 0 Å². The molecule has 0 radical (unpaired) electrons. The molecule has 0 fully saturated rings. The summed E-state index contributed by atoms with van der Waals surface area (Å²) in [6.45, 7) is 3.50. The van der Waals surface area contributed by atoms with Gasteiger partial charge in [-0.3, -0.25) is 10.1 Å². The molecule has 3 aromatic rings. The molecule has 8 heteroatoms. The second-order valence-electron chi connectivity index (χ2n) is 6.52. The van der Waals surface area contributed by atoms with Gasteiger partial charge >= 0.3 is 12.0 Å². The highest BCUT2D eigenvalue weighted by molar-refractivity contribution is 5.99. The van der Waals surface area contributed by atoms with Gasteiger partial charge in [-0.05, 0) is 26.0 Å². The average Bonchev–Trinajstić information content (AvgIpc) is 3.19. The van der Waals surface area contributed by atoms with Crippen molar-refractivity contribution in [2.45, 2.75) is 13.8 Å². The van der Waals surface area contributed by atoms with Gasteiger partial charge in [-0.25, -0.2) is 14.3 Å². The van der Waals surface area contributed by atoms with Gasteiger partial charge in [0.05, 0.1) is 5.69 Å². The van der Waals surface area contributed by atoms with Crippen LogP contribution in [0.15, 0.2) is 60.8 Å². The maximum Gasteiger partial charge on any atom is 0.342 e. The molecule has 0 aliphatic rings. The molecule has 0 unspecified atom stereocenters. The number of benzene rings is 2. The minimum absolute atomic E-state index is 0.215. The fourth-order valence-corrected chi connectivity index (χ4v) is 2.74. The molecule has 154 valence electrons. The highest BCUT2D eigenvalue weighted by atomic mass is 16.5. The number of rotatable bonds is 6. The van der Waals surface area contributed by atoms with Crippen LogP contribution in [0.2, 0.25) is 0 Å². The Bertz CT molecular complexity index is 1040. The molecule has 8 nitrogen and oxygen atoms in total. The Kier molecular flexibility index (Phi) is 6.59. The predicted octanol–water partition coefficient (Wildman–Crippen LogP) is 2.85. The molecule has 0 spiro atoms. The highest BCUT2D eigenvalue weighted by Gasteiger charge is 2.21. The third-order valence-electron chi connectivity index (χ3n) is 4.20. The van der Waals surface area contributed by atoms with Crippen LogP contribution in [0.3, 0.4) is 0 Å². The zero-order valence-electron chi connectivity index (χ0n) is 16.7. The lowest BCUT2D eigenvalue weighted by Gasteiger charge is -2.06. The van der Waals surface area contributed by atoms with Gasteiger partial charge < -0.3 is 10.1 Å². The standard InChI is InChI=1S/C22H22N4O4/c1-3-23-22(29)24-19(27)14-30-21(28)18-13-26(17-11-9-15(2)10-12-17)25-20(18)16-7-5-4-6-8-16/h4-13H,3,14H2,1-2H3,(H2,23,24,27,29). The minimum Gasteiger partial charge on any atom is -0.452 e. The van der Waals surface area contributed by atoms with Crippen molar-refractivity contribution in [1.82, 2.24) is 20.4 Å². The van der Waals surface area contributed by atoms with Gasteiger partial charge in [-0.2, -0.15) is 5.10 Å². The molecule has 3 amide bonds. The second-order valence-corrected chi connectivity index (χ2v) is 6.52. The summed E-state index contributed by atoms with van der Waals surface area (Å²) >= 11 is 0. The lowest BCUT2D eigenvalue weighted by Crippen LogP contribution is -2.41. The van der Waals surface area contributed by atoms with Crippen molar-refractivity contribution in [1.29, 1.82) is 0 Å². The summed E-state index contributed by atoms with van der Waals surface area (Å²) in [4.78, 5) is 35.9. The molecule has 0 aliphatic heterocycles. The molecule has 30 heavy (non-hydrogen) atoms. The van der Waals surface area contributed by atoms with Crippen molar-refractivity contribution in [3.8, 4) is 16.9 Å². The number of urea groups is 1. The summed E-state index contributed by atoms with van der Waals surface area (Å²) in [6, 6.07) is 16.3. The van der Waals surface area contributed by atoms with Gasteiger partial charge in [0, 0.05) is 18.3 Å². The Morgan fingerprint density at radius 1 is 1.03 bits per heavy atom. The first-order valence-corrected chi connectivity index (χ1v) is 9.45. The van der Waals surface area contributed by atoms with E-state index in [4.69, 9.17) is 4.74 Å². The lowest BCUT2D eigenvalue weighted by molar-refractivity contribution is -0.123. The van der Waals surface area contributed by atoms with E-state index in [2.05, 4.69) is 15.7 Å². The van der Waals surface area contributed by atoms with Crippen LogP contribution < -0.4 is 10.6 Å². The summed E-state index contributed by atoms with van der Waals surface area (Å²) < 4.78 is 6.71. The van der Waals surface area contributed by atoms with E-state index in [0.717, 1.165) is 16.8 Å². The molecular formula is C22H22N4O4. The van der Waals surface area contributed by atoms with Crippen molar-refractivity contribution in [3.63, 3.8) is 0 Å². The van der Waals surface area contributed by atoms with Crippen molar-refractivity contribution < 1.29 is 19.1 Å². The van der Waals surface area contributed by atoms with E-state index in [9.17, 15) is 14.4 Å². The van der Waals surface area contributed by atoms with Crippen molar-refractivity contribution >= 4 is 17.9 Å². The van der Waals surface area contributed by atoms with Crippen molar-refractivity contribution in [2.75, 3.05) is 13.2 Å². The molecule has 1 aromatic heterocycles. The number of nitrogens with zero attached hydrogens (tertiary/aromatic N) is 2. The summed E-state index contributed by atoms with van der Waals surface area (Å²) in [5.74, 6) is -1.43. The van der Waals surface area contributed by atoms with E-state index < -0.39 is 24.5 Å². The Labute approximate surface area is 173 Å². The fraction of sp³-hybridized carbons (Fsp3) is 0.182. The molecule has 0 aliphatic carbocycles. The molecular weight excluding hydrogens is 384 g/mol. The molecule has 2 aromatic carbocycles. The van der Waals surface area contributed by atoms with E-state index in [0.29, 0.717) is 12.2 Å². The van der Waals surface area contributed by atoms with Gasteiger partial charge in [0.1, 0.15) is 11.3 Å². The number of carbonyl (C=O) groups is 3. The second kappa shape index (κ2) is 9.51. The predicted molar refractivity (Wildman–Crippen MR) is 111 cm³/mol. The Hall–Kier alpha value is -3.94. The smallest absolute Gasteiger partial charge is 0.342 e. The molecule has 0 bridgehead atoms. The van der Waals surface area contributed by atoms with E-state index >= 15 is 0 Å². The first kappa shape index (κ1) is 20.8. The monoisotopic (exact) mass is 406 g/mol. The van der Waals surface area contributed by atoms with Crippen LogP contribution in [0, 0.1) is 6.92 Å². The topological polar surface area (TPSA) is 102 Å². The van der Waals surface area contributed by atoms with E-state index in [1.54, 1.807) is 17.8 Å². The van der Waals surface area contributed by atoms with Gasteiger partial charge in [-0.15, -0.1) is 0 Å². The fourth-order valence-electron chi connectivity index (χ4n) is 2.74. The number of amides is 3. The normalized spacial score (nSPS) is 10.3. The number of aryl methyl sites for hydroxylation is 1. The van der Waals surface area contributed by atoms with E-state index in [1.807, 2.05) is 61.5 Å². The van der Waals surface area contributed by atoms with Crippen molar-refractivity contribution in [3.05, 3.63) is 71.9 Å². The Morgan fingerprint density at radius 2 is 1.73 bits per heavy atom. The van der Waals surface area contributed by atoms with Crippen LogP contribution in [0.25, 0.3) is 16.9 Å². The third kappa shape index (κ3) is 5.11. The first-order valence-electron chi connectivity index (χ1n) is 9.45. The summed E-state index contributed by atoms with van der Waals surface area (Å²) in [7, 11) is 0. The lowest BCUT2D eigenvalue weighted by atomic mass is 10.1. The van der Waals surface area contributed by atoms with Gasteiger partial charge in [-0.1, -0.05) is 48.0 Å². The first-order chi connectivity index (χ1) is 14.5. The van der Waals surface area contributed by atoms with Gasteiger partial charge in [0.15, 0.2) is 6.61 Å². The van der Waals surface area contributed by atoms with Gasteiger partial charge in [0.2, 0.25) is 0 Å². The average molecular weight is 406 g/mol. The SMILES string of the molecule is CCNC(=O)NC(=O)COC(=O)c1cn(-c2ccc(C)cc2)nc1-c1ccccc1. The zero-order valence-corrected chi connectivity index (χ0v) is 16.7. The number of esters is 1. The molecule has 3 rings (SSSR count). The number of nitrogens with one attached hydrogen (secondary N) is 2. The highest BCUT2D eigenvalue weighted by Crippen LogP contribution is 2.24. The molecule has 0 saturated carbocycles. The van der Waals surface area contributed by atoms with Crippen LogP contribution in [-0.4, -0.2) is 40.8 Å². The Balaban J connectivity index is 1.83. The van der Waals surface area contributed by atoms with Crippen LogP contribution >= 0.6 is 0 Å². The number of ether oxygens (including phenoxy) is 1. The minimum atomic E-state index is -0.721. The number of aromatic nitrogens is 2. The quantitative estimate of drug-likeness (QED) is 0.613. The maximum absolute atomic E-state index is 12.7. The number of hydrogen-bond acceptors (Lipinski definition) is 5. The zero-order chi connectivity index (χ0) is 21.5. The van der Waals surface area contributed by atoms with Crippen LogP contribution in [0.1, 0.15) is 22.8 Å². The number of imide groups is 1. The Morgan fingerprint density at radius 3 is 2.40 bits per heavy atom. The summed E-state index contributed by atoms with van der Waals surface area (Å²) in [5.41, 5.74) is 3.28. The number of hydrogen-bond donors (Lipinski definition) is 2. The molecule has 1 heterocycles. The largest absolute Gasteiger partial charge is 0.452 e. The molecule has 0 atom stereocenters. The molecule has 0 saturated heterocycles. The van der Waals surface area contributed by atoms with Crippen molar-refractivity contribution in [2.24, 2.45) is 0 Å². The summed E-state index contributed by atoms with van der Waals surface area (Å²) in [5, 5.41) is 9.06. The maximum atomic E-state index is 12.7. The van der Waals surface area contributed by atoms with Gasteiger partial charge in [0.25, 0.3) is 5.91 Å².